The third-order valence-corrected chi connectivity index (χ3v) is 7.48. The highest BCUT2D eigenvalue weighted by Crippen LogP contribution is 2.63. The highest BCUT2D eigenvalue weighted by atomic mass is 32.2. The maximum atomic E-state index is 13.4. The Hall–Kier alpha value is -0.840. The Morgan fingerprint density at radius 1 is 1.15 bits per heavy atom. The highest BCUT2D eigenvalue weighted by molar-refractivity contribution is 7.86. The van der Waals surface area contributed by atoms with Gasteiger partial charge in [0.05, 0.1) is 0 Å². The van der Waals surface area contributed by atoms with E-state index in [1.807, 2.05) is 0 Å². The zero-order chi connectivity index (χ0) is 19.8. The Morgan fingerprint density at radius 3 is 2.15 bits per heavy atom. The third kappa shape index (κ3) is 2.99. The minimum Gasteiger partial charge on any atom is -0.456 e. The molecule has 5 fully saturated rings. The van der Waals surface area contributed by atoms with Crippen LogP contribution in [0.5, 0.6) is 0 Å². The van der Waals surface area contributed by atoms with Gasteiger partial charge in [0.1, 0.15) is 5.60 Å². The lowest BCUT2D eigenvalue weighted by Crippen LogP contribution is -2.59. The summed E-state index contributed by atoms with van der Waals surface area (Å²) < 4.78 is 73.5. The third-order valence-electron chi connectivity index (χ3n) is 6.61. The van der Waals surface area contributed by atoms with Gasteiger partial charge in [-0.25, -0.2) is 4.79 Å². The van der Waals surface area contributed by atoms with Gasteiger partial charge < -0.3 is 14.2 Å². The number of carbonyl (C=O) groups excluding carboxylic acids is 1. The minimum atomic E-state index is -5.67. The SMILES string of the molecule is CC1(C)OC2(OC1C(=O)OCC(F)(F)S(=O)(=O)O)C1CC3CC(C1)CC2C3. The van der Waals surface area contributed by atoms with Gasteiger partial charge in [0, 0.05) is 11.8 Å². The molecule has 1 aliphatic heterocycles. The van der Waals surface area contributed by atoms with Crippen molar-refractivity contribution in [3.05, 3.63) is 0 Å². The lowest BCUT2D eigenvalue weighted by Gasteiger charge is -2.58. The number of carbonyl (C=O) groups is 1. The largest absolute Gasteiger partial charge is 0.456 e. The van der Waals surface area contributed by atoms with E-state index in [9.17, 15) is 22.0 Å². The molecule has 27 heavy (non-hydrogen) atoms. The molecule has 0 aromatic rings. The van der Waals surface area contributed by atoms with Crippen LogP contribution in [0, 0.1) is 23.7 Å². The van der Waals surface area contributed by atoms with Gasteiger partial charge in [0.15, 0.2) is 18.5 Å². The topological polar surface area (TPSA) is 99.1 Å². The molecular weight excluding hydrogens is 386 g/mol. The van der Waals surface area contributed by atoms with Crippen molar-refractivity contribution in [2.24, 2.45) is 23.7 Å². The van der Waals surface area contributed by atoms with Crippen molar-refractivity contribution in [2.75, 3.05) is 6.61 Å². The average Bonchev–Trinajstić information content (AvgIpc) is 2.81. The predicted molar refractivity (Wildman–Crippen MR) is 87.3 cm³/mol. The van der Waals surface area contributed by atoms with E-state index >= 15 is 0 Å². The van der Waals surface area contributed by atoms with Crippen LogP contribution in [0.15, 0.2) is 0 Å². The summed E-state index contributed by atoms with van der Waals surface area (Å²) in [4.78, 5) is 12.4. The summed E-state index contributed by atoms with van der Waals surface area (Å²) in [6.07, 6.45) is 3.84. The van der Waals surface area contributed by atoms with Crippen LogP contribution >= 0.6 is 0 Å². The minimum absolute atomic E-state index is 0.157. The van der Waals surface area contributed by atoms with Crippen molar-refractivity contribution >= 4 is 16.1 Å². The van der Waals surface area contributed by atoms with Crippen LogP contribution in [0.3, 0.4) is 0 Å². The van der Waals surface area contributed by atoms with Gasteiger partial charge in [0.25, 0.3) is 0 Å². The predicted octanol–water partition coefficient (Wildman–Crippen LogP) is 2.36. The van der Waals surface area contributed by atoms with Crippen molar-refractivity contribution in [3.63, 3.8) is 0 Å². The molecule has 1 atom stereocenters. The molecule has 1 N–H and O–H groups in total. The smallest absolute Gasteiger partial charge is 0.402 e. The fraction of sp³-hybridized carbons (Fsp3) is 0.941. The number of rotatable bonds is 4. The fourth-order valence-corrected chi connectivity index (χ4v) is 5.86. The van der Waals surface area contributed by atoms with Crippen molar-refractivity contribution in [2.45, 2.75) is 68.7 Å². The first-order chi connectivity index (χ1) is 12.3. The second-order valence-electron chi connectivity index (χ2n) is 8.95. The van der Waals surface area contributed by atoms with E-state index in [1.54, 1.807) is 13.8 Å². The van der Waals surface area contributed by atoms with E-state index in [4.69, 9.17) is 14.0 Å². The second kappa shape index (κ2) is 5.84. The molecular formula is C17H24F2O7S. The Labute approximate surface area is 156 Å². The first kappa shape index (κ1) is 19.5. The van der Waals surface area contributed by atoms with Gasteiger partial charge in [-0.1, -0.05) is 0 Å². The van der Waals surface area contributed by atoms with Gasteiger partial charge >= 0.3 is 21.3 Å². The summed E-state index contributed by atoms with van der Waals surface area (Å²) >= 11 is 0. The number of ether oxygens (including phenoxy) is 3. The van der Waals surface area contributed by atoms with Gasteiger partial charge in [-0.15, -0.1) is 0 Å². The molecule has 4 bridgehead atoms. The van der Waals surface area contributed by atoms with Crippen LogP contribution in [0.2, 0.25) is 0 Å². The van der Waals surface area contributed by atoms with Gasteiger partial charge in [-0.05, 0) is 57.8 Å². The Bertz CT molecular complexity index is 720. The molecule has 4 aliphatic carbocycles. The Morgan fingerprint density at radius 2 is 1.67 bits per heavy atom. The number of halogens is 2. The number of alkyl halides is 2. The monoisotopic (exact) mass is 410 g/mol. The van der Waals surface area contributed by atoms with E-state index in [2.05, 4.69) is 4.74 Å². The molecule has 1 heterocycles. The van der Waals surface area contributed by atoms with Crippen LogP contribution in [-0.4, -0.2) is 48.3 Å². The summed E-state index contributed by atoms with van der Waals surface area (Å²) in [5, 5.41) is -4.58. The van der Waals surface area contributed by atoms with Crippen LogP contribution in [0.4, 0.5) is 8.78 Å². The van der Waals surface area contributed by atoms with Crippen LogP contribution in [0.25, 0.3) is 0 Å². The van der Waals surface area contributed by atoms with E-state index < -0.39 is 45.4 Å². The molecule has 1 unspecified atom stereocenters. The average molecular weight is 410 g/mol. The molecule has 0 amide bonds. The zero-order valence-corrected chi connectivity index (χ0v) is 16.0. The molecule has 0 aromatic carbocycles. The van der Waals surface area contributed by atoms with Crippen molar-refractivity contribution < 1.29 is 40.8 Å². The Kier molecular flexibility index (Phi) is 4.21. The molecule has 0 aromatic heterocycles. The first-order valence-corrected chi connectivity index (χ1v) is 10.7. The van der Waals surface area contributed by atoms with E-state index in [0.717, 1.165) is 25.7 Å². The van der Waals surface area contributed by atoms with E-state index in [1.165, 1.54) is 6.42 Å². The molecule has 1 saturated heterocycles. The number of hydrogen-bond donors (Lipinski definition) is 1. The number of esters is 1. The zero-order valence-electron chi connectivity index (χ0n) is 15.2. The van der Waals surface area contributed by atoms with Crippen molar-refractivity contribution in [1.29, 1.82) is 0 Å². The molecule has 1 spiro atoms. The first-order valence-electron chi connectivity index (χ1n) is 9.23. The fourth-order valence-electron chi connectivity index (χ4n) is 5.65. The molecule has 7 nitrogen and oxygen atoms in total. The Balaban J connectivity index is 1.50. The number of hydrogen-bond acceptors (Lipinski definition) is 6. The summed E-state index contributed by atoms with van der Waals surface area (Å²) in [5.74, 6) is -0.420. The quantitative estimate of drug-likeness (QED) is 0.561. The standard InChI is InChI=1S/C17H24F2O7S/c1-15(2)13(14(20)24-8-16(18,19)27(21,22)23)25-17(26-15)11-4-9-3-10(6-11)7-12(17)5-9/h9-13H,3-8H2,1-2H3,(H,21,22,23). The summed E-state index contributed by atoms with van der Waals surface area (Å²) in [6, 6.07) is 0. The van der Waals surface area contributed by atoms with E-state index in [-0.39, 0.29) is 11.8 Å². The van der Waals surface area contributed by atoms with Crippen molar-refractivity contribution in [1.82, 2.24) is 0 Å². The van der Waals surface area contributed by atoms with Crippen LogP contribution in [-0.2, 0) is 29.1 Å². The van der Waals surface area contributed by atoms with E-state index in [0.29, 0.717) is 11.8 Å². The maximum Gasteiger partial charge on any atom is 0.402 e. The molecule has 0 radical (unpaired) electrons. The molecule has 5 rings (SSSR count). The normalized spacial score (nSPS) is 42.6. The van der Waals surface area contributed by atoms with Crippen LogP contribution in [0.1, 0.15) is 46.0 Å². The highest BCUT2D eigenvalue weighted by Gasteiger charge is 2.67. The van der Waals surface area contributed by atoms with Crippen LogP contribution < -0.4 is 0 Å². The lowest BCUT2D eigenvalue weighted by atomic mass is 9.53. The second-order valence-corrected chi connectivity index (χ2v) is 10.5. The summed E-state index contributed by atoms with van der Waals surface area (Å²) in [6.45, 7) is 1.50. The van der Waals surface area contributed by atoms with Crippen molar-refractivity contribution in [3.8, 4) is 0 Å². The molecule has 154 valence electrons. The summed E-state index contributed by atoms with van der Waals surface area (Å²) in [7, 11) is -5.67. The molecule has 4 saturated carbocycles. The molecule has 5 aliphatic rings. The van der Waals surface area contributed by atoms with Gasteiger partial charge in [-0.2, -0.15) is 17.2 Å². The maximum absolute atomic E-state index is 13.4. The van der Waals surface area contributed by atoms with Gasteiger partial charge in [-0.3, -0.25) is 4.55 Å². The molecule has 10 heteroatoms. The lowest BCUT2D eigenvalue weighted by molar-refractivity contribution is -0.304. The summed E-state index contributed by atoms with van der Waals surface area (Å²) in [5.41, 5.74) is -1.10. The van der Waals surface area contributed by atoms with Gasteiger partial charge in [0.2, 0.25) is 0 Å².